The molecule has 0 unspecified atom stereocenters. The molecule has 2 heterocycles. The number of morpholine rings is 1. The van der Waals surface area contributed by atoms with Crippen LogP contribution in [0.2, 0.25) is 0 Å². The maximum atomic E-state index is 12.8. The Hall–Kier alpha value is -1.74. The fourth-order valence-corrected chi connectivity index (χ4v) is 4.62. The van der Waals surface area contributed by atoms with Crippen molar-refractivity contribution in [2.24, 2.45) is 0 Å². The lowest BCUT2D eigenvalue weighted by Crippen LogP contribution is -2.48. The van der Waals surface area contributed by atoms with Crippen molar-refractivity contribution in [2.45, 2.75) is 26.4 Å². The van der Waals surface area contributed by atoms with Crippen LogP contribution in [-0.2, 0) is 21.5 Å². The maximum absolute atomic E-state index is 12.8. The second kappa shape index (κ2) is 7.48. The van der Waals surface area contributed by atoms with Crippen molar-refractivity contribution in [2.75, 3.05) is 33.9 Å². The summed E-state index contributed by atoms with van der Waals surface area (Å²) >= 11 is 0. The molecule has 142 valence electrons. The molecule has 1 aromatic carbocycles. The molecular formula is C18H26N4O3S. The third-order valence-electron chi connectivity index (χ3n) is 4.78. The quantitative estimate of drug-likeness (QED) is 0.795. The van der Waals surface area contributed by atoms with Gasteiger partial charge in [0.2, 0.25) is 0 Å². The van der Waals surface area contributed by atoms with Crippen LogP contribution in [0, 0.1) is 13.8 Å². The minimum absolute atomic E-state index is 0.339. The first kappa shape index (κ1) is 19.0. The average molecular weight is 378 g/mol. The van der Waals surface area contributed by atoms with Crippen molar-refractivity contribution < 1.29 is 13.2 Å². The highest BCUT2D eigenvalue weighted by Crippen LogP contribution is 2.32. The minimum atomic E-state index is -3.53. The van der Waals surface area contributed by atoms with Gasteiger partial charge in [0.05, 0.1) is 31.5 Å². The molecule has 1 aromatic heterocycles. The van der Waals surface area contributed by atoms with Gasteiger partial charge in [0.15, 0.2) is 0 Å². The number of aromatic nitrogens is 2. The van der Waals surface area contributed by atoms with Crippen LogP contribution in [0.4, 0.5) is 0 Å². The van der Waals surface area contributed by atoms with Crippen LogP contribution >= 0.6 is 0 Å². The third-order valence-corrected chi connectivity index (χ3v) is 6.74. The van der Waals surface area contributed by atoms with E-state index in [1.165, 1.54) is 8.61 Å². The number of hydrogen-bond acceptors (Lipinski definition) is 4. The highest BCUT2D eigenvalue weighted by molar-refractivity contribution is 7.86. The molecule has 1 aliphatic heterocycles. The Balaban J connectivity index is 1.97. The Labute approximate surface area is 155 Å². The molecule has 0 bridgehead atoms. The van der Waals surface area contributed by atoms with Crippen LogP contribution < -0.4 is 0 Å². The lowest BCUT2D eigenvalue weighted by molar-refractivity contribution is 0.0294. The Morgan fingerprint density at radius 3 is 2.58 bits per heavy atom. The first-order valence-electron chi connectivity index (χ1n) is 8.67. The molecular weight excluding hydrogens is 352 g/mol. The van der Waals surface area contributed by atoms with Crippen LogP contribution in [0.5, 0.6) is 0 Å². The van der Waals surface area contributed by atoms with Crippen molar-refractivity contribution in [1.29, 1.82) is 0 Å². The van der Waals surface area contributed by atoms with E-state index in [4.69, 9.17) is 4.74 Å². The summed E-state index contributed by atoms with van der Waals surface area (Å²) in [4.78, 5) is 0. The number of hydrogen-bond donors (Lipinski definition) is 0. The van der Waals surface area contributed by atoms with E-state index in [9.17, 15) is 8.42 Å². The van der Waals surface area contributed by atoms with Gasteiger partial charge in [-0.3, -0.25) is 4.68 Å². The molecule has 0 amide bonds. The van der Waals surface area contributed by atoms with Crippen LogP contribution in [-0.4, -0.2) is 60.7 Å². The zero-order valence-electron chi connectivity index (χ0n) is 15.7. The van der Waals surface area contributed by atoms with Gasteiger partial charge in [-0.15, -0.1) is 0 Å². The summed E-state index contributed by atoms with van der Waals surface area (Å²) in [6.07, 6.45) is 0. The smallest absolute Gasteiger partial charge is 0.282 e. The molecule has 0 aliphatic carbocycles. The highest BCUT2D eigenvalue weighted by Gasteiger charge is 2.38. The second-order valence-electron chi connectivity index (χ2n) is 6.72. The van der Waals surface area contributed by atoms with Gasteiger partial charge >= 0.3 is 0 Å². The van der Waals surface area contributed by atoms with Crippen molar-refractivity contribution in [3.8, 4) is 0 Å². The van der Waals surface area contributed by atoms with Gasteiger partial charge in [0, 0.05) is 31.9 Å². The molecule has 8 heteroatoms. The van der Waals surface area contributed by atoms with Gasteiger partial charge < -0.3 is 4.74 Å². The maximum Gasteiger partial charge on any atom is 0.282 e. The molecule has 26 heavy (non-hydrogen) atoms. The molecule has 1 aliphatic rings. The van der Waals surface area contributed by atoms with E-state index in [-0.39, 0.29) is 6.04 Å². The Kier molecular flexibility index (Phi) is 5.47. The molecule has 0 saturated carbocycles. The van der Waals surface area contributed by atoms with E-state index < -0.39 is 10.2 Å². The molecule has 1 atom stereocenters. The molecule has 3 rings (SSSR count). The first-order chi connectivity index (χ1) is 12.3. The van der Waals surface area contributed by atoms with E-state index in [0.717, 1.165) is 22.5 Å². The van der Waals surface area contributed by atoms with Crippen LogP contribution in [0.3, 0.4) is 0 Å². The monoisotopic (exact) mass is 378 g/mol. The van der Waals surface area contributed by atoms with Crippen LogP contribution in [0.1, 0.15) is 28.6 Å². The molecule has 0 spiro atoms. The zero-order chi connectivity index (χ0) is 18.9. The van der Waals surface area contributed by atoms with Crippen LogP contribution in [0.25, 0.3) is 0 Å². The van der Waals surface area contributed by atoms with Gasteiger partial charge in [-0.25, -0.2) is 0 Å². The Morgan fingerprint density at radius 1 is 1.23 bits per heavy atom. The van der Waals surface area contributed by atoms with Crippen molar-refractivity contribution in [3.05, 3.63) is 52.8 Å². The standard InChI is InChI=1S/C18H26N4O3S/c1-14-18(15(2)21(19-14)12-16-8-6-5-7-9-16)17-13-25-11-10-22(17)26(23,24)20(3)4/h5-9,17H,10-13H2,1-4H3/t17-/m0/s1. The summed E-state index contributed by atoms with van der Waals surface area (Å²) in [5, 5.41) is 4.67. The van der Waals surface area contributed by atoms with E-state index in [1.54, 1.807) is 14.1 Å². The summed E-state index contributed by atoms with van der Waals surface area (Å²) in [6, 6.07) is 9.75. The summed E-state index contributed by atoms with van der Waals surface area (Å²) in [6.45, 7) is 5.66. The predicted octanol–water partition coefficient (Wildman–Crippen LogP) is 1.73. The number of nitrogens with zero attached hydrogens (tertiary/aromatic N) is 4. The Bertz CT molecular complexity index is 862. The van der Waals surface area contributed by atoms with Crippen LogP contribution in [0.15, 0.2) is 30.3 Å². The zero-order valence-corrected chi connectivity index (χ0v) is 16.5. The van der Waals surface area contributed by atoms with E-state index in [1.807, 2.05) is 36.7 Å². The summed E-state index contributed by atoms with van der Waals surface area (Å²) in [5.41, 5.74) is 3.90. The molecule has 2 aromatic rings. The van der Waals surface area contributed by atoms with E-state index in [2.05, 4.69) is 17.2 Å². The topological polar surface area (TPSA) is 67.7 Å². The number of benzene rings is 1. The molecule has 0 radical (unpaired) electrons. The van der Waals surface area contributed by atoms with Crippen molar-refractivity contribution >= 4 is 10.2 Å². The summed E-state index contributed by atoms with van der Waals surface area (Å²) in [7, 11) is -0.419. The highest BCUT2D eigenvalue weighted by atomic mass is 32.2. The predicted molar refractivity (Wildman–Crippen MR) is 100 cm³/mol. The molecule has 1 fully saturated rings. The van der Waals surface area contributed by atoms with Gasteiger partial charge in [-0.2, -0.15) is 22.1 Å². The van der Waals surface area contributed by atoms with Crippen molar-refractivity contribution in [1.82, 2.24) is 18.4 Å². The van der Waals surface area contributed by atoms with Gasteiger partial charge in [0.25, 0.3) is 10.2 Å². The fraction of sp³-hybridized carbons (Fsp3) is 0.500. The summed E-state index contributed by atoms with van der Waals surface area (Å²) in [5.74, 6) is 0. The second-order valence-corrected chi connectivity index (χ2v) is 8.81. The average Bonchev–Trinajstić information content (AvgIpc) is 2.89. The largest absolute Gasteiger partial charge is 0.378 e. The number of aryl methyl sites for hydroxylation is 1. The SMILES string of the molecule is Cc1nn(Cc2ccccc2)c(C)c1[C@@H]1COCCN1S(=O)(=O)N(C)C. The van der Waals surface area contributed by atoms with Crippen molar-refractivity contribution in [3.63, 3.8) is 0 Å². The molecule has 7 nitrogen and oxygen atoms in total. The van der Waals surface area contributed by atoms with E-state index >= 15 is 0 Å². The van der Waals surface area contributed by atoms with E-state index in [0.29, 0.717) is 26.3 Å². The molecule has 0 N–H and O–H groups in total. The third kappa shape index (κ3) is 3.55. The first-order valence-corrected chi connectivity index (χ1v) is 10.1. The lowest BCUT2D eigenvalue weighted by atomic mass is 10.0. The number of rotatable bonds is 5. The number of ether oxygens (including phenoxy) is 1. The lowest BCUT2D eigenvalue weighted by Gasteiger charge is -2.36. The fourth-order valence-electron chi connectivity index (χ4n) is 3.41. The van der Waals surface area contributed by atoms with Gasteiger partial charge in [-0.05, 0) is 19.4 Å². The minimum Gasteiger partial charge on any atom is -0.378 e. The Morgan fingerprint density at radius 2 is 1.92 bits per heavy atom. The summed E-state index contributed by atoms with van der Waals surface area (Å²) < 4.78 is 35.9. The van der Waals surface area contributed by atoms with Gasteiger partial charge in [-0.1, -0.05) is 30.3 Å². The molecule has 1 saturated heterocycles. The normalized spacial score (nSPS) is 19.2. The van der Waals surface area contributed by atoms with Gasteiger partial charge in [0.1, 0.15) is 0 Å².